The van der Waals surface area contributed by atoms with E-state index >= 15 is 0 Å². The predicted molar refractivity (Wildman–Crippen MR) is 106 cm³/mol. The minimum Gasteiger partial charge on any atom is -0.496 e. The molecule has 3 aromatic rings. The topological polar surface area (TPSA) is 93.5 Å². The first kappa shape index (κ1) is 19.1. The van der Waals surface area contributed by atoms with E-state index in [-0.39, 0.29) is 11.8 Å². The molecule has 150 valence electrons. The molecule has 4 rings (SSSR count). The van der Waals surface area contributed by atoms with Gasteiger partial charge >= 0.3 is 0 Å². The molecule has 1 saturated heterocycles. The molecule has 3 heterocycles. The van der Waals surface area contributed by atoms with Crippen LogP contribution in [0.2, 0.25) is 0 Å². The Morgan fingerprint density at radius 1 is 1.03 bits per heavy atom. The van der Waals surface area contributed by atoms with Crippen LogP contribution in [0.15, 0.2) is 42.0 Å². The minimum atomic E-state index is -0.0812. The molecule has 10 heteroatoms. The summed E-state index contributed by atoms with van der Waals surface area (Å²) >= 11 is 1.36. The van der Waals surface area contributed by atoms with Gasteiger partial charge in [0.05, 0.1) is 18.4 Å². The van der Waals surface area contributed by atoms with E-state index in [1.165, 1.54) is 22.3 Å². The highest BCUT2D eigenvalue weighted by atomic mass is 32.1. The van der Waals surface area contributed by atoms with E-state index in [0.29, 0.717) is 54.5 Å². The quantitative estimate of drug-likeness (QED) is 0.648. The van der Waals surface area contributed by atoms with Crippen molar-refractivity contribution in [3.8, 4) is 11.4 Å². The third-order valence-electron chi connectivity index (χ3n) is 4.84. The first-order valence-electron chi connectivity index (χ1n) is 9.21. The van der Waals surface area contributed by atoms with Gasteiger partial charge in [0.15, 0.2) is 0 Å². The van der Waals surface area contributed by atoms with Gasteiger partial charge in [-0.25, -0.2) is 0 Å². The molecule has 1 aliphatic heterocycles. The van der Waals surface area contributed by atoms with Crippen LogP contribution < -0.4 is 4.74 Å². The lowest BCUT2D eigenvalue weighted by Crippen LogP contribution is -2.37. The van der Waals surface area contributed by atoms with Crippen molar-refractivity contribution >= 4 is 23.2 Å². The highest BCUT2D eigenvalue weighted by Gasteiger charge is 2.27. The number of methoxy groups -OCH3 is 1. The lowest BCUT2D eigenvalue weighted by atomic mass is 10.1. The smallest absolute Gasteiger partial charge is 0.266 e. The third kappa shape index (κ3) is 3.83. The fourth-order valence-corrected chi connectivity index (χ4v) is 4.22. The van der Waals surface area contributed by atoms with E-state index in [1.54, 1.807) is 29.0 Å². The molecule has 1 fully saturated rings. The van der Waals surface area contributed by atoms with Crippen molar-refractivity contribution in [2.45, 2.75) is 6.42 Å². The molecule has 0 saturated carbocycles. The number of ether oxygens (including phenoxy) is 1. The van der Waals surface area contributed by atoms with Crippen LogP contribution in [0.25, 0.3) is 5.69 Å². The highest BCUT2D eigenvalue weighted by Crippen LogP contribution is 2.24. The maximum Gasteiger partial charge on any atom is 0.266 e. The minimum absolute atomic E-state index is 0.0721. The second kappa shape index (κ2) is 8.39. The van der Waals surface area contributed by atoms with Gasteiger partial charge in [0.2, 0.25) is 0 Å². The average Bonchev–Trinajstić information content (AvgIpc) is 3.40. The van der Waals surface area contributed by atoms with Gasteiger partial charge in [-0.1, -0.05) is 12.1 Å². The van der Waals surface area contributed by atoms with E-state index in [4.69, 9.17) is 4.74 Å². The van der Waals surface area contributed by atoms with Gasteiger partial charge < -0.3 is 14.5 Å². The first-order valence-corrected chi connectivity index (χ1v) is 10.1. The van der Waals surface area contributed by atoms with Crippen LogP contribution in [0.5, 0.6) is 5.75 Å². The van der Waals surface area contributed by atoms with Gasteiger partial charge in [-0.3, -0.25) is 9.59 Å². The Labute approximate surface area is 171 Å². The fraction of sp³-hybridized carbons (Fsp3) is 0.316. The van der Waals surface area contributed by atoms with Crippen LogP contribution in [-0.4, -0.2) is 75.1 Å². The number of benzene rings is 1. The summed E-state index contributed by atoms with van der Waals surface area (Å²) in [4.78, 5) is 30.2. The molecule has 0 radical (unpaired) electrons. The van der Waals surface area contributed by atoms with Crippen molar-refractivity contribution in [3.05, 3.63) is 52.5 Å². The number of tetrazole rings is 1. The molecular weight excluding hydrogens is 392 g/mol. The van der Waals surface area contributed by atoms with Crippen LogP contribution in [0.3, 0.4) is 0 Å². The lowest BCUT2D eigenvalue weighted by Gasteiger charge is -2.23. The van der Waals surface area contributed by atoms with Gasteiger partial charge in [0, 0.05) is 26.2 Å². The Bertz CT molecular complexity index is 1000. The summed E-state index contributed by atoms with van der Waals surface area (Å²) in [5.41, 5.74) is 1.20. The van der Waals surface area contributed by atoms with Gasteiger partial charge in [-0.15, -0.1) is 16.4 Å². The van der Waals surface area contributed by atoms with Gasteiger partial charge in [0.25, 0.3) is 11.8 Å². The summed E-state index contributed by atoms with van der Waals surface area (Å²) in [7, 11) is 1.55. The Hall–Kier alpha value is -3.27. The number of carbonyl (C=O) groups excluding carboxylic acids is 2. The number of nitrogens with zero attached hydrogens (tertiary/aromatic N) is 6. The SMILES string of the molecule is COc1ccccc1C(=O)N1CCCN(C(=O)c2sccc2-n2cnnn2)CC1. The molecule has 0 spiro atoms. The summed E-state index contributed by atoms with van der Waals surface area (Å²) in [6.45, 7) is 2.10. The van der Waals surface area contributed by atoms with Crippen molar-refractivity contribution in [1.82, 2.24) is 30.0 Å². The molecule has 1 aromatic carbocycles. The van der Waals surface area contributed by atoms with Crippen molar-refractivity contribution in [3.63, 3.8) is 0 Å². The second-order valence-electron chi connectivity index (χ2n) is 6.53. The average molecular weight is 412 g/mol. The van der Waals surface area contributed by atoms with Crippen LogP contribution >= 0.6 is 11.3 Å². The lowest BCUT2D eigenvalue weighted by molar-refractivity contribution is 0.0719. The molecule has 9 nitrogen and oxygen atoms in total. The second-order valence-corrected chi connectivity index (χ2v) is 7.44. The number of thiophene rings is 1. The van der Waals surface area contributed by atoms with E-state index < -0.39 is 0 Å². The van der Waals surface area contributed by atoms with Gasteiger partial charge in [0.1, 0.15) is 17.0 Å². The maximum atomic E-state index is 13.1. The normalized spacial score (nSPS) is 14.5. The van der Waals surface area contributed by atoms with Gasteiger partial charge in [-0.2, -0.15) is 4.68 Å². The van der Waals surface area contributed by atoms with E-state index in [1.807, 2.05) is 23.6 Å². The largest absolute Gasteiger partial charge is 0.496 e. The van der Waals surface area contributed by atoms with Crippen LogP contribution in [0, 0.1) is 0 Å². The summed E-state index contributed by atoms with van der Waals surface area (Å²) in [5.74, 6) is 0.402. The first-order chi connectivity index (χ1) is 14.2. The number of aromatic nitrogens is 4. The number of rotatable bonds is 4. The van der Waals surface area contributed by atoms with Crippen LogP contribution in [0.4, 0.5) is 0 Å². The third-order valence-corrected chi connectivity index (χ3v) is 5.73. The van der Waals surface area contributed by atoms with Crippen molar-refractivity contribution in [2.75, 3.05) is 33.3 Å². The molecule has 0 atom stereocenters. The molecule has 0 bridgehead atoms. The zero-order valence-corrected chi connectivity index (χ0v) is 16.7. The van der Waals surface area contributed by atoms with Crippen molar-refractivity contribution in [2.24, 2.45) is 0 Å². The molecule has 0 unspecified atom stereocenters. The summed E-state index contributed by atoms with van der Waals surface area (Å²) < 4.78 is 6.80. The number of carbonyl (C=O) groups is 2. The Kier molecular flexibility index (Phi) is 5.52. The number of hydrogen-bond acceptors (Lipinski definition) is 7. The Morgan fingerprint density at radius 2 is 1.79 bits per heavy atom. The molecule has 1 aliphatic rings. The number of amides is 2. The Morgan fingerprint density at radius 3 is 2.52 bits per heavy atom. The number of hydrogen-bond donors (Lipinski definition) is 0. The van der Waals surface area contributed by atoms with Gasteiger partial charge in [-0.05, 0) is 40.4 Å². The molecular formula is C19H20N6O3S. The summed E-state index contributed by atoms with van der Waals surface area (Å²) in [6, 6.07) is 9.02. The predicted octanol–water partition coefficient (Wildman–Crippen LogP) is 1.72. The van der Waals surface area contributed by atoms with Crippen LogP contribution in [-0.2, 0) is 0 Å². The molecule has 29 heavy (non-hydrogen) atoms. The standard InChI is InChI=1S/C19H20N6O3S/c1-28-16-6-3-2-5-14(16)18(26)23-8-4-9-24(11-10-23)19(27)17-15(7-12-29-17)25-13-20-21-22-25/h2-3,5-7,12-13H,4,8-11H2,1H3. The zero-order valence-electron chi connectivity index (χ0n) is 15.9. The number of para-hydroxylation sites is 1. The molecule has 0 N–H and O–H groups in total. The molecule has 2 amide bonds. The van der Waals surface area contributed by atoms with E-state index in [0.717, 1.165) is 0 Å². The molecule has 0 aliphatic carbocycles. The van der Waals surface area contributed by atoms with E-state index in [2.05, 4.69) is 15.5 Å². The van der Waals surface area contributed by atoms with E-state index in [9.17, 15) is 9.59 Å². The van der Waals surface area contributed by atoms with Crippen LogP contribution in [0.1, 0.15) is 26.5 Å². The van der Waals surface area contributed by atoms with Crippen molar-refractivity contribution in [1.29, 1.82) is 0 Å². The summed E-state index contributed by atoms with van der Waals surface area (Å²) in [6.07, 6.45) is 2.17. The zero-order chi connectivity index (χ0) is 20.2. The molecule has 2 aromatic heterocycles. The Balaban J connectivity index is 1.48. The van der Waals surface area contributed by atoms with Crippen molar-refractivity contribution < 1.29 is 14.3 Å². The fourth-order valence-electron chi connectivity index (χ4n) is 3.37. The highest BCUT2D eigenvalue weighted by molar-refractivity contribution is 7.12. The monoisotopic (exact) mass is 412 g/mol. The maximum absolute atomic E-state index is 13.1. The summed E-state index contributed by atoms with van der Waals surface area (Å²) in [5, 5.41) is 13.0.